The van der Waals surface area contributed by atoms with Crippen LogP contribution in [0.1, 0.15) is 22.7 Å². The highest BCUT2D eigenvalue weighted by Crippen LogP contribution is 2.31. The van der Waals surface area contributed by atoms with Gasteiger partial charge in [-0.25, -0.2) is 0 Å². The molecule has 0 saturated carbocycles. The number of nitrogens with one attached hydrogen (secondary N) is 1. The van der Waals surface area contributed by atoms with Crippen LogP contribution in [0.25, 0.3) is 0 Å². The van der Waals surface area contributed by atoms with Gasteiger partial charge in [-0.15, -0.1) is 0 Å². The van der Waals surface area contributed by atoms with E-state index >= 15 is 0 Å². The van der Waals surface area contributed by atoms with Crippen LogP contribution in [-0.4, -0.2) is 0 Å². The third-order valence-electron chi connectivity index (χ3n) is 3.10. The van der Waals surface area contributed by atoms with E-state index in [4.69, 9.17) is 5.84 Å². The van der Waals surface area contributed by atoms with E-state index in [0.717, 1.165) is 17.7 Å². The fourth-order valence-corrected chi connectivity index (χ4v) is 2.05. The third-order valence-corrected chi connectivity index (χ3v) is 3.10. The lowest BCUT2D eigenvalue weighted by molar-refractivity contribution is -0.137. The van der Waals surface area contributed by atoms with Gasteiger partial charge in [0.15, 0.2) is 0 Å². The summed E-state index contributed by atoms with van der Waals surface area (Å²) in [5.41, 5.74) is 3.44. The summed E-state index contributed by atoms with van der Waals surface area (Å²) in [7, 11) is 0. The van der Waals surface area contributed by atoms with Crippen molar-refractivity contribution < 1.29 is 13.2 Å². The Kier molecular flexibility index (Phi) is 4.42. The molecule has 0 aromatic heterocycles. The molecule has 3 N–H and O–H groups in total. The van der Waals surface area contributed by atoms with Gasteiger partial charge in [-0.1, -0.05) is 42.5 Å². The normalized spacial score (nSPS) is 13.2. The van der Waals surface area contributed by atoms with Crippen molar-refractivity contribution in [2.24, 2.45) is 5.84 Å². The Morgan fingerprint density at radius 2 is 1.70 bits per heavy atom. The van der Waals surface area contributed by atoms with Crippen LogP contribution in [0.5, 0.6) is 0 Å². The number of nitrogens with two attached hydrogens (primary N) is 1. The van der Waals surface area contributed by atoms with Crippen molar-refractivity contribution >= 4 is 0 Å². The largest absolute Gasteiger partial charge is 0.416 e. The molecule has 0 amide bonds. The van der Waals surface area contributed by atoms with Gasteiger partial charge in [-0.3, -0.25) is 11.3 Å². The summed E-state index contributed by atoms with van der Waals surface area (Å²) in [5, 5.41) is 0. The standard InChI is InChI=1S/C15H15F3N2/c16-15(17,18)13-8-4-7-12(10-13)14(20-19)9-11-5-2-1-3-6-11/h1-8,10,14,20H,9,19H2. The molecule has 2 nitrogen and oxygen atoms in total. The van der Waals surface area contributed by atoms with Gasteiger partial charge >= 0.3 is 6.18 Å². The molecule has 0 fully saturated rings. The maximum Gasteiger partial charge on any atom is 0.416 e. The summed E-state index contributed by atoms with van der Waals surface area (Å²) >= 11 is 0. The van der Waals surface area contributed by atoms with Crippen LogP contribution in [-0.2, 0) is 12.6 Å². The van der Waals surface area contributed by atoms with E-state index in [1.54, 1.807) is 6.07 Å². The fraction of sp³-hybridized carbons (Fsp3) is 0.200. The second-order valence-corrected chi connectivity index (χ2v) is 4.53. The molecule has 0 aliphatic heterocycles. The Bertz CT molecular complexity index is 553. The lowest BCUT2D eigenvalue weighted by Crippen LogP contribution is -2.29. The van der Waals surface area contributed by atoms with Crippen LogP contribution < -0.4 is 11.3 Å². The molecule has 0 saturated heterocycles. The average molecular weight is 280 g/mol. The number of hydrogen-bond donors (Lipinski definition) is 2. The molecule has 2 aromatic carbocycles. The van der Waals surface area contributed by atoms with Crippen molar-refractivity contribution in [2.75, 3.05) is 0 Å². The smallest absolute Gasteiger partial charge is 0.271 e. The minimum absolute atomic E-state index is 0.361. The van der Waals surface area contributed by atoms with Crippen molar-refractivity contribution in [1.29, 1.82) is 0 Å². The van der Waals surface area contributed by atoms with Gasteiger partial charge in [0.25, 0.3) is 0 Å². The number of halogens is 3. The molecule has 0 aliphatic carbocycles. The van der Waals surface area contributed by atoms with Crippen LogP contribution in [0.2, 0.25) is 0 Å². The van der Waals surface area contributed by atoms with Gasteiger partial charge in [0, 0.05) is 6.04 Å². The number of rotatable bonds is 4. The van der Waals surface area contributed by atoms with Crippen LogP contribution in [0, 0.1) is 0 Å². The molecule has 0 heterocycles. The minimum Gasteiger partial charge on any atom is -0.271 e. The lowest BCUT2D eigenvalue weighted by Gasteiger charge is -2.18. The molecular formula is C15H15F3N2. The molecule has 20 heavy (non-hydrogen) atoms. The molecule has 0 spiro atoms. The van der Waals surface area contributed by atoms with Gasteiger partial charge in [0.2, 0.25) is 0 Å². The maximum absolute atomic E-state index is 12.7. The second-order valence-electron chi connectivity index (χ2n) is 4.53. The first kappa shape index (κ1) is 14.6. The minimum atomic E-state index is -4.35. The molecule has 2 aromatic rings. The Balaban J connectivity index is 2.24. The van der Waals surface area contributed by atoms with Crippen molar-refractivity contribution in [3.8, 4) is 0 Å². The van der Waals surface area contributed by atoms with E-state index in [9.17, 15) is 13.2 Å². The van der Waals surface area contributed by atoms with E-state index in [0.29, 0.717) is 12.0 Å². The molecule has 1 unspecified atom stereocenters. The Morgan fingerprint density at radius 3 is 2.30 bits per heavy atom. The Labute approximate surface area is 115 Å². The third kappa shape index (κ3) is 3.59. The predicted molar refractivity (Wildman–Crippen MR) is 71.7 cm³/mol. The first-order valence-corrected chi connectivity index (χ1v) is 6.18. The highest BCUT2D eigenvalue weighted by atomic mass is 19.4. The maximum atomic E-state index is 12.7. The van der Waals surface area contributed by atoms with Gasteiger partial charge < -0.3 is 0 Å². The zero-order valence-electron chi connectivity index (χ0n) is 10.7. The Morgan fingerprint density at radius 1 is 1.00 bits per heavy atom. The SMILES string of the molecule is NNC(Cc1ccccc1)c1cccc(C(F)(F)F)c1. The summed E-state index contributed by atoms with van der Waals surface area (Å²) in [4.78, 5) is 0. The predicted octanol–water partition coefficient (Wildman–Crippen LogP) is 3.45. The lowest BCUT2D eigenvalue weighted by atomic mass is 9.98. The molecule has 2 rings (SSSR count). The number of hydrazine groups is 1. The van der Waals surface area contributed by atoms with Crippen molar-refractivity contribution in [1.82, 2.24) is 5.43 Å². The summed E-state index contributed by atoms with van der Waals surface area (Å²) in [6, 6.07) is 14.3. The molecule has 0 bridgehead atoms. The van der Waals surface area contributed by atoms with E-state index in [1.807, 2.05) is 30.3 Å². The monoisotopic (exact) mass is 280 g/mol. The first-order valence-electron chi connectivity index (χ1n) is 6.18. The highest BCUT2D eigenvalue weighted by molar-refractivity contribution is 5.29. The summed E-state index contributed by atoms with van der Waals surface area (Å²) in [6.45, 7) is 0. The van der Waals surface area contributed by atoms with Crippen LogP contribution in [0.15, 0.2) is 54.6 Å². The van der Waals surface area contributed by atoms with E-state index in [1.165, 1.54) is 6.07 Å². The first-order chi connectivity index (χ1) is 9.50. The van der Waals surface area contributed by atoms with Gasteiger partial charge in [0.1, 0.15) is 0 Å². The highest BCUT2D eigenvalue weighted by Gasteiger charge is 2.30. The second kappa shape index (κ2) is 6.07. The van der Waals surface area contributed by atoms with E-state index in [-0.39, 0.29) is 6.04 Å². The summed E-state index contributed by atoms with van der Waals surface area (Å²) < 4.78 is 38.1. The molecule has 1 atom stereocenters. The van der Waals surface area contributed by atoms with E-state index < -0.39 is 11.7 Å². The van der Waals surface area contributed by atoms with Crippen molar-refractivity contribution in [2.45, 2.75) is 18.6 Å². The van der Waals surface area contributed by atoms with Gasteiger partial charge in [0.05, 0.1) is 5.56 Å². The fourth-order valence-electron chi connectivity index (χ4n) is 2.05. The molecule has 106 valence electrons. The topological polar surface area (TPSA) is 38.0 Å². The molecular weight excluding hydrogens is 265 g/mol. The Hall–Kier alpha value is -1.85. The van der Waals surface area contributed by atoms with Crippen LogP contribution >= 0.6 is 0 Å². The quantitative estimate of drug-likeness (QED) is 0.665. The number of benzene rings is 2. The van der Waals surface area contributed by atoms with Crippen molar-refractivity contribution in [3.63, 3.8) is 0 Å². The van der Waals surface area contributed by atoms with Crippen LogP contribution in [0.3, 0.4) is 0 Å². The zero-order valence-corrected chi connectivity index (χ0v) is 10.7. The summed E-state index contributed by atoms with van der Waals surface area (Å²) in [5.74, 6) is 5.48. The molecule has 0 aliphatic rings. The van der Waals surface area contributed by atoms with Crippen LogP contribution in [0.4, 0.5) is 13.2 Å². The average Bonchev–Trinajstić information content (AvgIpc) is 2.45. The number of hydrogen-bond acceptors (Lipinski definition) is 2. The van der Waals surface area contributed by atoms with Crippen molar-refractivity contribution in [3.05, 3.63) is 71.3 Å². The number of alkyl halides is 3. The zero-order chi connectivity index (χ0) is 14.6. The molecule has 0 radical (unpaired) electrons. The van der Waals surface area contributed by atoms with Gasteiger partial charge in [-0.05, 0) is 29.7 Å². The summed E-state index contributed by atoms with van der Waals surface area (Å²) in [6.07, 6.45) is -3.82. The van der Waals surface area contributed by atoms with E-state index in [2.05, 4.69) is 5.43 Å². The van der Waals surface area contributed by atoms with Gasteiger partial charge in [-0.2, -0.15) is 13.2 Å². The molecule has 5 heteroatoms.